The van der Waals surface area contributed by atoms with Crippen molar-refractivity contribution in [1.29, 1.82) is 0 Å². The van der Waals surface area contributed by atoms with Crippen molar-refractivity contribution in [2.24, 2.45) is 0 Å². The van der Waals surface area contributed by atoms with Crippen molar-refractivity contribution in [3.05, 3.63) is 44.3 Å². The van der Waals surface area contributed by atoms with Crippen molar-refractivity contribution < 1.29 is 17.2 Å². The van der Waals surface area contributed by atoms with Gasteiger partial charge in [0.15, 0.2) is 17.0 Å². The lowest BCUT2D eigenvalue weighted by Gasteiger charge is -2.20. The molecule has 1 unspecified atom stereocenters. The van der Waals surface area contributed by atoms with Crippen molar-refractivity contribution in [3.63, 3.8) is 0 Å². The Kier molecular flexibility index (Phi) is 6.37. The topological polar surface area (TPSA) is 116 Å². The molecular weight excluding hydrogens is 565 g/mol. The minimum absolute atomic E-state index is 0.0135. The SMILES string of the molecule is CC(C)(C)NS(=O)(=O)CCn1c(Cc2cc3c(cc2I)CCC3F)nc2c(N)nc(F)nc21. The van der Waals surface area contributed by atoms with Crippen LogP contribution in [0.1, 0.15) is 55.9 Å². The summed E-state index contributed by atoms with van der Waals surface area (Å²) in [5.41, 5.74) is 8.08. The number of sulfonamides is 1. The number of aromatic nitrogens is 4. The van der Waals surface area contributed by atoms with Crippen molar-refractivity contribution in [1.82, 2.24) is 24.2 Å². The van der Waals surface area contributed by atoms with Crippen molar-refractivity contribution in [3.8, 4) is 0 Å². The number of benzene rings is 1. The molecule has 0 bridgehead atoms. The van der Waals surface area contributed by atoms with E-state index in [4.69, 9.17) is 5.73 Å². The summed E-state index contributed by atoms with van der Waals surface area (Å²) in [5.74, 6) is 0.0664. The summed E-state index contributed by atoms with van der Waals surface area (Å²) in [5, 5.41) is 0. The highest BCUT2D eigenvalue weighted by molar-refractivity contribution is 14.1. The van der Waals surface area contributed by atoms with Crippen LogP contribution < -0.4 is 10.5 Å². The molecule has 8 nitrogen and oxygen atoms in total. The molecule has 3 aromatic rings. The number of nitrogens with one attached hydrogen (secondary N) is 1. The van der Waals surface area contributed by atoms with E-state index in [9.17, 15) is 17.2 Å². The van der Waals surface area contributed by atoms with Crippen LogP contribution in [0.4, 0.5) is 14.6 Å². The fourth-order valence-electron chi connectivity index (χ4n) is 4.07. The molecule has 0 amide bonds. The summed E-state index contributed by atoms with van der Waals surface area (Å²) in [6.45, 7) is 5.24. The van der Waals surface area contributed by atoms with Crippen LogP contribution in [0.5, 0.6) is 0 Å². The van der Waals surface area contributed by atoms with E-state index in [0.717, 1.165) is 14.7 Å². The molecule has 1 aliphatic rings. The molecule has 178 valence electrons. The molecule has 0 saturated heterocycles. The highest BCUT2D eigenvalue weighted by Crippen LogP contribution is 2.37. The van der Waals surface area contributed by atoms with Gasteiger partial charge in [-0.25, -0.2) is 22.5 Å². The van der Waals surface area contributed by atoms with Gasteiger partial charge in [-0.15, -0.1) is 0 Å². The lowest BCUT2D eigenvalue weighted by Crippen LogP contribution is -2.42. The molecule has 2 aromatic heterocycles. The van der Waals surface area contributed by atoms with E-state index in [1.807, 2.05) is 12.1 Å². The van der Waals surface area contributed by atoms with Gasteiger partial charge in [-0.05, 0) is 79.0 Å². The second kappa shape index (κ2) is 8.69. The highest BCUT2D eigenvalue weighted by Gasteiger charge is 2.26. The van der Waals surface area contributed by atoms with Gasteiger partial charge in [-0.1, -0.05) is 6.07 Å². The Hall–Kier alpha value is -1.93. The molecule has 0 fully saturated rings. The molecule has 1 atom stereocenters. The molecule has 33 heavy (non-hydrogen) atoms. The second-order valence-electron chi connectivity index (χ2n) is 9.23. The summed E-state index contributed by atoms with van der Waals surface area (Å²) in [6, 6.07) is 3.81. The minimum Gasteiger partial charge on any atom is -0.382 e. The smallest absolute Gasteiger partial charge is 0.312 e. The highest BCUT2D eigenvalue weighted by atomic mass is 127. The molecule has 0 saturated carbocycles. The number of nitrogen functional groups attached to an aromatic ring is 1. The molecule has 2 heterocycles. The summed E-state index contributed by atoms with van der Waals surface area (Å²) in [7, 11) is -3.64. The first-order valence-corrected chi connectivity index (χ1v) is 13.2. The minimum atomic E-state index is -3.64. The molecule has 12 heteroatoms. The average Bonchev–Trinajstić information content (AvgIpc) is 3.19. The maximum atomic E-state index is 14.3. The number of anilines is 1. The van der Waals surface area contributed by atoms with Gasteiger partial charge in [-0.3, -0.25) is 0 Å². The van der Waals surface area contributed by atoms with Crippen LogP contribution in [-0.4, -0.2) is 39.2 Å². The number of nitrogens with zero attached hydrogens (tertiary/aromatic N) is 4. The molecule has 0 radical (unpaired) electrons. The quantitative estimate of drug-likeness (QED) is 0.336. The third-order valence-corrected chi connectivity index (χ3v) is 8.03. The van der Waals surface area contributed by atoms with E-state index < -0.39 is 27.8 Å². The van der Waals surface area contributed by atoms with Crippen LogP contribution in [0.2, 0.25) is 0 Å². The van der Waals surface area contributed by atoms with Crippen LogP contribution >= 0.6 is 22.6 Å². The predicted molar refractivity (Wildman–Crippen MR) is 131 cm³/mol. The normalized spacial score (nSPS) is 16.5. The van der Waals surface area contributed by atoms with E-state index >= 15 is 0 Å². The average molecular weight is 590 g/mol. The Balaban J connectivity index is 1.74. The van der Waals surface area contributed by atoms with E-state index in [1.54, 1.807) is 25.3 Å². The third kappa shape index (κ3) is 5.27. The van der Waals surface area contributed by atoms with Crippen LogP contribution in [-0.2, 0) is 29.4 Å². The summed E-state index contributed by atoms with van der Waals surface area (Å²) >= 11 is 2.20. The van der Waals surface area contributed by atoms with E-state index in [-0.39, 0.29) is 35.7 Å². The first-order chi connectivity index (χ1) is 15.3. The largest absolute Gasteiger partial charge is 0.382 e. The van der Waals surface area contributed by atoms with Crippen LogP contribution in [0, 0.1) is 9.65 Å². The number of rotatable bonds is 6. The van der Waals surface area contributed by atoms with Crippen LogP contribution in [0.25, 0.3) is 11.2 Å². The Morgan fingerprint density at radius 1 is 1.27 bits per heavy atom. The molecule has 0 aliphatic heterocycles. The molecule has 0 spiro atoms. The lowest BCUT2D eigenvalue weighted by atomic mass is 10.0. The van der Waals surface area contributed by atoms with Gasteiger partial charge in [0.1, 0.15) is 12.0 Å². The molecule has 1 aliphatic carbocycles. The van der Waals surface area contributed by atoms with Gasteiger partial charge >= 0.3 is 6.08 Å². The fraction of sp³-hybridized carbons (Fsp3) is 0.476. The summed E-state index contributed by atoms with van der Waals surface area (Å²) in [6.07, 6.45) is -0.565. The van der Waals surface area contributed by atoms with Crippen molar-refractivity contribution in [2.75, 3.05) is 11.5 Å². The molecule has 3 N–H and O–H groups in total. The van der Waals surface area contributed by atoms with Gasteiger partial charge in [0.2, 0.25) is 10.0 Å². The zero-order valence-electron chi connectivity index (χ0n) is 18.5. The van der Waals surface area contributed by atoms with Crippen molar-refractivity contribution in [2.45, 2.75) is 58.3 Å². The summed E-state index contributed by atoms with van der Waals surface area (Å²) in [4.78, 5) is 11.9. The van der Waals surface area contributed by atoms with Gasteiger partial charge in [0, 0.05) is 22.1 Å². The number of imidazole rings is 1. The third-order valence-electron chi connectivity index (χ3n) is 5.38. The van der Waals surface area contributed by atoms with E-state index in [1.165, 1.54) is 0 Å². The first-order valence-electron chi connectivity index (χ1n) is 10.5. The number of hydrogen-bond acceptors (Lipinski definition) is 6. The zero-order valence-corrected chi connectivity index (χ0v) is 21.5. The number of nitrogens with two attached hydrogens (primary N) is 1. The zero-order chi connectivity index (χ0) is 24.1. The van der Waals surface area contributed by atoms with Gasteiger partial charge in [-0.2, -0.15) is 14.4 Å². The van der Waals surface area contributed by atoms with Gasteiger partial charge < -0.3 is 10.3 Å². The number of alkyl halides is 1. The molecule has 4 rings (SSSR count). The maximum Gasteiger partial charge on any atom is 0.312 e. The number of aryl methyl sites for hydroxylation is 2. The monoisotopic (exact) mass is 590 g/mol. The van der Waals surface area contributed by atoms with Gasteiger partial charge in [0.25, 0.3) is 0 Å². The molecule has 1 aromatic carbocycles. The van der Waals surface area contributed by atoms with Crippen molar-refractivity contribution >= 4 is 49.6 Å². The molecular formula is C21H25F2IN6O2S. The number of halogens is 3. The Morgan fingerprint density at radius 3 is 2.70 bits per heavy atom. The van der Waals surface area contributed by atoms with E-state index in [0.29, 0.717) is 24.2 Å². The second-order valence-corrected chi connectivity index (χ2v) is 12.2. The predicted octanol–water partition coefficient (Wildman–Crippen LogP) is 3.42. The Morgan fingerprint density at radius 2 is 2.00 bits per heavy atom. The van der Waals surface area contributed by atoms with Crippen LogP contribution in [0.15, 0.2) is 12.1 Å². The van der Waals surface area contributed by atoms with Crippen LogP contribution in [0.3, 0.4) is 0 Å². The van der Waals surface area contributed by atoms with E-state index in [2.05, 4.69) is 42.3 Å². The number of hydrogen-bond donors (Lipinski definition) is 2. The fourth-order valence-corrected chi connectivity index (χ4v) is 6.25. The standard InChI is InChI=1S/C21H25F2IN6O2S/c1-21(2,3)29-33(31,32)7-6-30-16(26-17-18(25)27-20(23)28-19(17)30)10-12-8-13-11(9-15(12)24)4-5-14(13)22/h8-9,14,29H,4-7,10H2,1-3H3,(H2,25,27,28). The maximum absolute atomic E-state index is 14.3. The number of fused-ring (bicyclic) bond motifs is 2. The first kappa shape index (κ1) is 24.2. The Labute approximate surface area is 204 Å². The lowest BCUT2D eigenvalue weighted by molar-refractivity contribution is 0.343. The Bertz CT molecular complexity index is 1340. The van der Waals surface area contributed by atoms with Gasteiger partial charge in [0.05, 0.1) is 5.75 Å². The summed E-state index contributed by atoms with van der Waals surface area (Å²) < 4.78 is 58.5.